The molecule has 1 N–H and O–H groups in total. The first-order valence-electron chi connectivity index (χ1n) is 8.16. The Hall–Kier alpha value is -0.240. The van der Waals surface area contributed by atoms with Crippen LogP contribution in [-0.2, 0) is 4.79 Å². The molecule has 0 aromatic rings. The lowest BCUT2D eigenvalue weighted by Crippen LogP contribution is -2.39. The van der Waals surface area contributed by atoms with Crippen molar-refractivity contribution in [2.45, 2.75) is 63.2 Å². The predicted molar refractivity (Wildman–Crippen MR) is 78.2 cm³/mol. The van der Waals surface area contributed by atoms with Crippen LogP contribution in [0.25, 0.3) is 0 Å². The summed E-state index contributed by atoms with van der Waals surface area (Å²) in [5, 5.41) is 3.26. The van der Waals surface area contributed by atoms with Crippen molar-refractivity contribution in [3.8, 4) is 0 Å². The number of carbonyl (C=O) groups is 1. The van der Waals surface area contributed by atoms with Crippen molar-refractivity contribution in [2.24, 2.45) is 23.7 Å². The van der Waals surface area contributed by atoms with Crippen LogP contribution >= 0.6 is 11.6 Å². The smallest absolute Gasteiger partial charge is 0.223 e. The summed E-state index contributed by atoms with van der Waals surface area (Å²) in [4.78, 5) is 12.3. The lowest BCUT2D eigenvalue weighted by Gasteiger charge is -2.38. The van der Waals surface area contributed by atoms with Gasteiger partial charge in [0, 0.05) is 12.5 Å². The van der Waals surface area contributed by atoms with Gasteiger partial charge < -0.3 is 5.32 Å². The van der Waals surface area contributed by atoms with E-state index in [4.69, 9.17) is 11.6 Å². The lowest BCUT2D eigenvalue weighted by atomic mass is 9.67. The normalized spacial score (nSPS) is 36.4. The molecule has 4 atom stereocenters. The summed E-state index contributed by atoms with van der Waals surface area (Å²) in [5.41, 5.74) is 0. The van der Waals surface area contributed by atoms with Gasteiger partial charge in [0.25, 0.3) is 0 Å². The highest BCUT2D eigenvalue weighted by atomic mass is 35.5. The molecule has 3 rings (SSSR count). The molecule has 0 radical (unpaired) electrons. The second kappa shape index (κ2) is 6.03. The second-order valence-electron chi connectivity index (χ2n) is 6.91. The molecule has 0 aliphatic heterocycles. The highest BCUT2D eigenvalue weighted by Gasteiger charge is 2.35. The Bertz CT molecular complexity index is 329. The van der Waals surface area contributed by atoms with Crippen molar-refractivity contribution < 1.29 is 4.79 Å². The van der Waals surface area contributed by atoms with E-state index in [2.05, 4.69) is 5.32 Å². The minimum atomic E-state index is 0.162. The third-order valence-electron chi connectivity index (χ3n) is 5.52. The summed E-state index contributed by atoms with van der Waals surface area (Å²) >= 11 is 6.26. The number of halogens is 1. The first kappa shape index (κ1) is 13.7. The monoisotopic (exact) mass is 283 g/mol. The molecule has 3 aliphatic carbocycles. The van der Waals surface area contributed by atoms with Crippen LogP contribution in [0.5, 0.6) is 0 Å². The van der Waals surface area contributed by atoms with Crippen molar-refractivity contribution in [1.82, 2.24) is 5.32 Å². The number of rotatable bonds is 4. The Labute approximate surface area is 121 Å². The van der Waals surface area contributed by atoms with Gasteiger partial charge in [0.2, 0.25) is 5.91 Å². The molecule has 3 saturated carbocycles. The molecule has 1 amide bonds. The summed E-state index contributed by atoms with van der Waals surface area (Å²) in [6.07, 6.45) is 11.5. The zero-order valence-corrected chi connectivity index (χ0v) is 12.5. The summed E-state index contributed by atoms with van der Waals surface area (Å²) in [6.45, 7) is 0.676. The second-order valence-corrected chi connectivity index (χ2v) is 7.47. The SMILES string of the molecule is O=C(NCC(Cl)C1CC1)C1CCC2CCCCC2C1. The van der Waals surface area contributed by atoms with Crippen LogP contribution in [0, 0.1) is 23.7 Å². The molecule has 2 nitrogen and oxygen atoms in total. The fourth-order valence-corrected chi connectivity index (χ4v) is 4.41. The summed E-state index contributed by atoms with van der Waals surface area (Å²) < 4.78 is 0. The molecular formula is C16H26ClNO. The van der Waals surface area contributed by atoms with Gasteiger partial charge in [-0.2, -0.15) is 0 Å². The zero-order chi connectivity index (χ0) is 13.2. The standard InChI is InChI=1S/C16H26ClNO/c17-15(12-6-7-12)10-18-16(19)14-8-5-11-3-1-2-4-13(11)9-14/h11-15H,1-10H2,(H,18,19). The van der Waals surface area contributed by atoms with Crippen LogP contribution in [-0.4, -0.2) is 17.8 Å². The van der Waals surface area contributed by atoms with Crippen LogP contribution in [0.4, 0.5) is 0 Å². The first-order valence-corrected chi connectivity index (χ1v) is 8.59. The van der Waals surface area contributed by atoms with Gasteiger partial charge in [-0.05, 0) is 49.9 Å². The van der Waals surface area contributed by atoms with E-state index in [1.54, 1.807) is 0 Å². The average molecular weight is 284 g/mol. The molecule has 108 valence electrons. The summed E-state index contributed by atoms with van der Waals surface area (Å²) in [6, 6.07) is 0. The Morgan fingerprint density at radius 3 is 2.53 bits per heavy atom. The van der Waals surface area contributed by atoms with E-state index in [-0.39, 0.29) is 17.2 Å². The number of alkyl halides is 1. The van der Waals surface area contributed by atoms with Crippen molar-refractivity contribution >= 4 is 17.5 Å². The lowest BCUT2D eigenvalue weighted by molar-refractivity contribution is -0.127. The largest absolute Gasteiger partial charge is 0.354 e. The number of hydrogen-bond acceptors (Lipinski definition) is 1. The highest BCUT2D eigenvalue weighted by Crippen LogP contribution is 2.42. The van der Waals surface area contributed by atoms with E-state index < -0.39 is 0 Å². The average Bonchev–Trinajstić information content (AvgIpc) is 3.28. The minimum absolute atomic E-state index is 0.162. The van der Waals surface area contributed by atoms with Gasteiger partial charge in [-0.1, -0.05) is 25.7 Å². The van der Waals surface area contributed by atoms with E-state index >= 15 is 0 Å². The van der Waals surface area contributed by atoms with E-state index in [1.165, 1.54) is 44.9 Å². The number of fused-ring (bicyclic) bond motifs is 1. The van der Waals surface area contributed by atoms with Crippen molar-refractivity contribution in [2.75, 3.05) is 6.54 Å². The highest BCUT2D eigenvalue weighted by molar-refractivity contribution is 6.21. The third-order valence-corrected chi connectivity index (χ3v) is 6.03. The maximum Gasteiger partial charge on any atom is 0.223 e. The van der Waals surface area contributed by atoms with E-state index in [0.717, 1.165) is 24.7 Å². The Kier molecular flexibility index (Phi) is 4.36. The summed E-state index contributed by atoms with van der Waals surface area (Å²) in [5.74, 6) is 2.95. The molecule has 0 aromatic heterocycles. The van der Waals surface area contributed by atoms with Gasteiger partial charge in [-0.15, -0.1) is 11.6 Å². The van der Waals surface area contributed by atoms with Gasteiger partial charge in [-0.3, -0.25) is 4.79 Å². The van der Waals surface area contributed by atoms with Crippen molar-refractivity contribution in [3.63, 3.8) is 0 Å². The fraction of sp³-hybridized carbons (Fsp3) is 0.938. The molecule has 0 aromatic carbocycles. The third kappa shape index (κ3) is 3.45. The molecular weight excluding hydrogens is 258 g/mol. The Morgan fingerprint density at radius 2 is 1.79 bits per heavy atom. The summed E-state index contributed by atoms with van der Waals surface area (Å²) in [7, 11) is 0. The Morgan fingerprint density at radius 1 is 1.05 bits per heavy atom. The molecule has 3 fully saturated rings. The maximum atomic E-state index is 12.3. The zero-order valence-electron chi connectivity index (χ0n) is 11.7. The molecule has 4 unspecified atom stereocenters. The quantitative estimate of drug-likeness (QED) is 0.783. The van der Waals surface area contributed by atoms with Crippen molar-refractivity contribution in [3.05, 3.63) is 0 Å². The van der Waals surface area contributed by atoms with Crippen LogP contribution in [0.3, 0.4) is 0 Å². The van der Waals surface area contributed by atoms with Crippen LogP contribution in [0.15, 0.2) is 0 Å². The van der Waals surface area contributed by atoms with E-state index in [0.29, 0.717) is 12.5 Å². The van der Waals surface area contributed by atoms with E-state index in [9.17, 15) is 4.79 Å². The van der Waals surface area contributed by atoms with Crippen LogP contribution in [0.1, 0.15) is 57.8 Å². The predicted octanol–water partition coefficient (Wildman–Crippen LogP) is 3.73. The number of amides is 1. The maximum absolute atomic E-state index is 12.3. The molecule has 0 saturated heterocycles. The molecule has 0 spiro atoms. The number of carbonyl (C=O) groups excluding carboxylic acids is 1. The van der Waals surface area contributed by atoms with Crippen LogP contribution < -0.4 is 5.32 Å². The number of nitrogens with one attached hydrogen (secondary N) is 1. The fourth-order valence-electron chi connectivity index (χ4n) is 4.08. The molecule has 19 heavy (non-hydrogen) atoms. The van der Waals surface area contributed by atoms with Gasteiger partial charge in [-0.25, -0.2) is 0 Å². The molecule has 0 heterocycles. The minimum Gasteiger partial charge on any atom is -0.354 e. The van der Waals surface area contributed by atoms with Crippen molar-refractivity contribution in [1.29, 1.82) is 0 Å². The molecule has 3 aliphatic rings. The van der Waals surface area contributed by atoms with Crippen LogP contribution in [0.2, 0.25) is 0 Å². The molecule has 3 heteroatoms. The number of hydrogen-bond donors (Lipinski definition) is 1. The topological polar surface area (TPSA) is 29.1 Å². The van der Waals surface area contributed by atoms with Gasteiger partial charge in [0.15, 0.2) is 0 Å². The molecule has 0 bridgehead atoms. The van der Waals surface area contributed by atoms with Gasteiger partial charge in [0.05, 0.1) is 5.38 Å². The Balaban J connectivity index is 1.44. The first-order chi connectivity index (χ1) is 9.24. The van der Waals surface area contributed by atoms with Gasteiger partial charge >= 0.3 is 0 Å². The van der Waals surface area contributed by atoms with E-state index in [1.807, 2.05) is 0 Å². The van der Waals surface area contributed by atoms with Gasteiger partial charge in [0.1, 0.15) is 0 Å².